The Bertz CT molecular complexity index is 407. The van der Waals surface area contributed by atoms with E-state index in [4.69, 9.17) is 5.73 Å². The van der Waals surface area contributed by atoms with E-state index in [1.807, 2.05) is 0 Å². The van der Waals surface area contributed by atoms with Gasteiger partial charge in [0.25, 0.3) is 0 Å². The molecule has 1 aromatic rings. The smallest absolute Gasteiger partial charge is 0.134 e. The van der Waals surface area contributed by atoms with Gasteiger partial charge in [-0.2, -0.15) is 0 Å². The average Bonchev–Trinajstić information content (AvgIpc) is 2.87. The Labute approximate surface area is 115 Å². The topological polar surface area (TPSA) is 58.3 Å². The summed E-state index contributed by atoms with van der Waals surface area (Å²) in [4.78, 5) is 13.3. The van der Waals surface area contributed by atoms with Crippen LogP contribution in [0.1, 0.15) is 26.7 Å². The maximum absolute atomic E-state index is 5.64. The molecule has 1 fully saturated rings. The van der Waals surface area contributed by atoms with Gasteiger partial charge in [0, 0.05) is 32.2 Å². The van der Waals surface area contributed by atoms with Crippen LogP contribution < -0.4 is 15.5 Å². The summed E-state index contributed by atoms with van der Waals surface area (Å²) in [7, 11) is 2.07. The summed E-state index contributed by atoms with van der Waals surface area (Å²) in [6.45, 7) is 7.25. The second kappa shape index (κ2) is 6.19. The van der Waals surface area contributed by atoms with Crippen LogP contribution in [-0.4, -0.2) is 42.7 Å². The van der Waals surface area contributed by atoms with Crippen LogP contribution in [0.2, 0.25) is 0 Å². The minimum atomic E-state index is 0.436. The van der Waals surface area contributed by atoms with Gasteiger partial charge in [0.2, 0.25) is 0 Å². The predicted octanol–water partition coefficient (Wildman–Crippen LogP) is 1.50. The first-order valence-corrected chi connectivity index (χ1v) is 7.11. The van der Waals surface area contributed by atoms with Crippen LogP contribution in [0.15, 0.2) is 12.4 Å². The Morgan fingerprint density at radius 3 is 2.95 bits per heavy atom. The summed E-state index contributed by atoms with van der Waals surface area (Å²) in [5.74, 6) is 2.74. The molecular formula is C14H25N5. The van der Waals surface area contributed by atoms with Crippen molar-refractivity contribution >= 4 is 11.6 Å². The Kier molecular flexibility index (Phi) is 4.58. The molecule has 1 saturated heterocycles. The van der Waals surface area contributed by atoms with Gasteiger partial charge in [-0.15, -0.1) is 0 Å². The maximum atomic E-state index is 5.64. The largest absolute Gasteiger partial charge is 0.357 e. The van der Waals surface area contributed by atoms with Crippen molar-refractivity contribution in [2.75, 3.05) is 36.5 Å². The van der Waals surface area contributed by atoms with Crippen LogP contribution in [0.4, 0.5) is 11.6 Å². The number of nitrogens with two attached hydrogens (primary N) is 1. The summed E-state index contributed by atoms with van der Waals surface area (Å²) in [6.07, 6.45) is 4.00. The van der Waals surface area contributed by atoms with Crippen molar-refractivity contribution in [3.8, 4) is 0 Å². The minimum Gasteiger partial charge on any atom is -0.357 e. The molecule has 1 atom stereocenters. The van der Waals surface area contributed by atoms with Gasteiger partial charge in [0.15, 0.2) is 0 Å². The highest BCUT2D eigenvalue weighted by atomic mass is 15.2. The molecule has 0 aliphatic carbocycles. The van der Waals surface area contributed by atoms with Crippen LogP contribution in [0, 0.1) is 5.92 Å². The van der Waals surface area contributed by atoms with Crippen molar-refractivity contribution in [3.05, 3.63) is 12.4 Å². The lowest BCUT2D eigenvalue weighted by Gasteiger charge is -2.24. The minimum absolute atomic E-state index is 0.436. The van der Waals surface area contributed by atoms with Crippen LogP contribution in [0.3, 0.4) is 0 Å². The van der Waals surface area contributed by atoms with E-state index < -0.39 is 0 Å². The fourth-order valence-corrected chi connectivity index (χ4v) is 2.48. The zero-order valence-corrected chi connectivity index (χ0v) is 12.2. The number of nitrogens with zero attached hydrogens (tertiary/aromatic N) is 4. The molecule has 2 N–H and O–H groups in total. The van der Waals surface area contributed by atoms with Crippen molar-refractivity contribution in [1.29, 1.82) is 0 Å². The van der Waals surface area contributed by atoms with Gasteiger partial charge >= 0.3 is 0 Å². The van der Waals surface area contributed by atoms with Gasteiger partial charge in [0.05, 0.1) is 0 Å². The van der Waals surface area contributed by atoms with E-state index in [2.05, 4.69) is 46.7 Å². The van der Waals surface area contributed by atoms with Gasteiger partial charge in [-0.25, -0.2) is 9.97 Å². The van der Waals surface area contributed by atoms with Gasteiger partial charge in [0.1, 0.15) is 18.0 Å². The Balaban J connectivity index is 2.07. The first-order chi connectivity index (χ1) is 9.11. The van der Waals surface area contributed by atoms with Crippen LogP contribution in [-0.2, 0) is 0 Å². The summed E-state index contributed by atoms with van der Waals surface area (Å²) in [5, 5.41) is 0. The fraction of sp³-hybridized carbons (Fsp3) is 0.714. The summed E-state index contributed by atoms with van der Waals surface area (Å²) in [6, 6.07) is 2.52. The Hall–Kier alpha value is -1.36. The quantitative estimate of drug-likeness (QED) is 0.872. The molecule has 1 unspecified atom stereocenters. The van der Waals surface area contributed by atoms with E-state index in [9.17, 15) is 0 Å². The highest BCUT2D eigenvalue weighted by Crippen LogP contribution is 2.25. The second-order valence-corrected chi connectivity index (χ2v) is 5.62. The number of hydrogen-bond acceptors (Lipinski definition) is 5. The van der Waals surface area contributed by atoms with Gasteiger partial charge in [-0.05, 0) is 39.2 Å². The second-order valence-electron chi connectivity index (χ2n) is 5.62. The first kappa shape index (κ1) is 14.1. The highest BCUT2D eigenvalue weighted by molar-refractivity contribution is 5.50. The molecule has 2 rings (SSSR count). The van der Waals surface area contributed by atoms with Crippen molar-refractivity contribution < 1.29 is 0 Å². The molecule has 0 aromatic carbocycles. The van der Waals surface area contributed by atoms with Gasteiger partial charge in [-0.1, -0.05) is 0 Å². The molecule has 19 heavy (non-hydrogen) atoms. The Morgan fingerprint density at radius 2 is 2.26 bits per heavy atom. The van der Waals surface area contributed by atoms with Crippen molar-refractivity contribution in [1.82, 2.24) is 9.97 Å². The molecule has 106 valence electrons. The predicted molar refractivity (Wildman–Crippen MR) is 79.6 cm³/mol. The van der Waals surface area contributed by atoms with Crippen molar-refractivity contribution in [2.24, 2.45) is 11.7 Å². The fourth-order valence-electron chi connectivity index (χ4n) is 2.48. The number of anilines is 2. The van der Waals surface area contributed by atoms with Gasteiger partial charge < -0.3 is 15.5 Å². The number of rotatable bonds is 5. The van der Waals surface area contributed by atoms with E-state index in [1.165, 1.54) is 6.42 Å². The summed E-state index contributed by atoms with van der Waals surface area (Å²) < 4.78 is 0. The molecule has 1 aromatic heterocycles. The molecule has 0 radical (unpaired) electrons. The van der Waals surface area contributed by atoms with Crippen LogP contribution in [0.25, 0.3) is 0 Å². The van der Waals surface area contributed by atoms with Crippen LogP contribution in [0.5, 0.6) is 0 Å². The van der Waals surface area contributed by atoms with E-state index in [1.54, 1.807) is 6.33 Å². The maximum Gasteiger partial charge on any atom is 0.134 e. The lowest BCUT2D eigenvalue weighted by molar-refractivity contribution is 0.546. The third-order valence-electron chi connectivity index (χ3n) is 3.96. The standard InChI is InChI=1S/C14H25N5/c1-11(2)18(3)13-8-14(17-10-16-13)19-7-5-12(9-19)4-6-15/h8,10-12H,4-7,9,15H2,1-3H3. The van der Waals surface area contributed by atoms with E-state index in [0.717, 1.165) is 37.7 Å². The highest BCUT2D eigenvalue weighted by Gasteiger charge is 2.23. The molecule has 0 saturated carbocycles. The molecule has 0 amide bonds. The molecular weight excluding hydrogens is 238 g/mol. The monoisotopic (exact) mass is 263 g/mol. The van der Waals surface area contributed by atoms with Crippen LogP contribution >= 0.6 is 0 Å². The van der Waals surface area contributed by atoms with E-state index >= 15 is 0 Å². The van der Waals surface area contributed by atoms with Crippen molar-refractivity contribution in [2.45, 2.75) is 32.7 Å². The number of hydrogen-bond donors (Lipinski definition) is 1. The average molecular weight is 263 g/mol. The molecule has 5 nitrogen and oxygen atoms in total. The number of aromatic nitrogens is 2. The third kappa shape index (κ3) is 3.35. The molecule has 1 aliphatic heterocycles. The molecule has 1 aliphatic rings. The molecule has 0 bridgehead atoms. The molecule has 5 heteroatoms. The lowest BCUT2D eigenvalue weighted by atomic mass is 10.1. The van der Waals surface area contributed by atoms with E-state index in [0.29, 0.717) is 12.0 Å². The van der Waals surface area contributed by atoms with E-state index in [-0.39, 0.29) is 0 Å². The van der Waals surface area contributed by atoms with Gasteiger partial charge in [-0.3, -0.25) is 0 Å². The van der Waals surface area contributed by atoms with Crippen molar-refractivity contribution in [3.63, 3.8) is 0 Å². The molecule has 0 spiro atoms. The first-order valence-electron chi connectivity index (χ1n) is 7.11. The molecule has 2 heterocycles. The third-order valence-corrected chi connectivity index (χ3v) is 3.96. The summed E-state index contributed by atoms with van der Waals surface area (Å²) >= 11 is 0. The zero-order chi connectivity index (χ0) is 13.8. The summed E-state index contributed by atoms with van der Waals surface area (Å²) in [5.41, 5.74) is 5.64. The normalized spacial score (nSPS) is 19.2. The lowest BCUT2D eigenvalue weighted by Crippen LogP contribution is -2.27. The Morgan fingerprint density at radius 1 is 1.47 bits per heavy atom. The zero-order valence-electron chi connectivity index (χ0n) is 12.2. The SMILES string of the molecule is CC(C)N(C)c1cc(N2CCC(CCN)C2)ncn1.